The van der Waals surface area contributed by atoms with Crippen LogP contribution in [0.4, 0.5) is 0 Å². The van der Waals surface area contributed by atoms with Crippen LogP contribution in [0.3, 0.4) is 0 Å². The lowest BCUT2D eigenvalue weighted by Crippen LogP contribution is -2.14. The molecule has 0 aliphatic carbocycles. The highest BCUT2D eigenvalue weighted by atomic mass is 16.5. The molecule has 0 aliphatic heterocycles. The summed E-state index contributed by atoms with van der Waals surface area (Å²) in [5.74, 6) is 0.559. The van der Waals surface area contributed by atoms with Crippen molar-refractivity contribution in [3.8, 4) is 17.1 Å². The number of carbonyl (C=O) groups excluding carboxylic acids is 1. The summed E-state index contributed by atoms with van der Waals surface area (Å²) in [4.78, 5) is 21.1. The summed E-state index contributed by atoms with van der Waals surface area (Å²) in [6, 6.07) is 15.8. The number of hydrogen-bond acceptors (Lipinski definition) is 5. The summed E-state index contributed by atoms with van der Waals surface area (Å²) in [5, 5.41) is 5.65. The number of aromatic nitrogens is 4. The minimum Gasteiger partial charge on any atom is -0.470 e. The highest BCUT2D eigenvalue weighted by Crippen LogP contribution is 2.31. The predicted octanol–water partition coefficient (Wildman–Crippen LogP) is 4.48. The van der Waals surface area contributed by atoms with E-state index in [1.165, 1.54) is 0 Å². The van der Waals surface area contributed by atoms with E-state index in [1.54, 1.807) is 17.1 Å². The maximum absolute atomic E-state index is 12.4. The molecule has 3 heterocycles. The summed E-state index contributed by atoms with van der Waals surface area (Å²) in [5.41, 5.74) is 4.73. The van der Waals surface area contributed by atoms with Gasteiger partial charge in [0.15, 0.2) is 11.4 Å². The first-order valence-electron chi connectivity index (χ1n) is 9.97. The van der Waals surface area contributed by atoms with Crippen molar-refractivity contribution >= 4 is 16.8 Å². The van der Waals surface area contributed by atoms with Gasteiger partial charge >= 0.3 is 0 Å². The minimum atomic E-state index is -0.00799. The number of carbonyl (C=O) groups is 1. The molecule has 0 fully saturated rings. The highest BCUT2D eigenvalue weighted by Gasteiger charge is 2.17. The predicted molar refractivity (Wildman–Crippen MR) is 116 cm³/mol. The summed E-state index contributed by atoms with van der Waals surface area (Å²) in [6.45, 7) is 4.02. The third-order valence-corrected chi connectivity index (χ3v) is 5.18. The molecule has 0 saturated carbocycles. The molecule has 6 heteroatoms. The number of aryl methyl sites for hydroxylation is 2. The Bertz CT molecular complexity index is 1170. The van der Waals surface area contributed by atoms with Crippen molar-refractivity contribution in [1.82, 2.24) is 19.7 Å². The number of hydrogen-bond donors (Lipinski definition) is 0. The smallest absolute Gasteiger partial charge is 0.215 e. The van der Waals surface area contributed by atoms with Crippen molar-refractivity contribution in [3.63, 3.8) is 0 Å². The second-order valence-corrected chi connectivity index (χ2v) is 7.53. The van der Waals surface area contributed by atoms with E-state index in [1.807, 2.05) is 69.4 Å². The van der Waals surface area contributed by atoms with E-state index in [-0.39, 0.29) is 18.3 Å². The molecule has 6 nitrogen and oxygen atoms in total. The van der Waals surface area contributed by atoms with Crippen LogP contribution in [-0.2, 0) is 11.8 Å². The summed E-state index contributed by atoms with van der Waals surface area (Å²) in [6.07, 6.45) is 3.92. The van der Waals surface area contributed by atoms with Crippen LogP contribution in [0.1, 0.15) is 30.4 Å². The number of Topliss-reactive ketones (excluding diaryl/α,β-unsaturated/α-hetero) is 1. The fourth-order valence-corrected chi connectivity index (χ4v) is 3.61. The van der Waals surface area contributed by atoms with E-state index in [2.05, 4.69) is 15.1 Å². The summed E-state index contributed by atoms with van der Waals surface area (Å²) >= 11 is 0. The second-order valence-electron chi connectivity index (χ2n) is 7.53. The number of nitrogens with zero attached hydrogens (tertiary/aromatic N) is 4. The average molecular weight is 400 g/mol. The number of ether oxygens (including phenoxy) is 1. The van der Waals surface area contributed by atoms with Crippen LogP contribution in [0, 0.1) is 6.92 Å². The molecule has 0 spiro atoms. The molecular weight excluding hydrogens is 376 g/mol. The summed E-state index contributed by atoms with van der Waals surface area (Å²) in [7, 11) is 1.87. The van der Waals surface area contributed by atoms with Gasteiger partial charge in [-0.05, 0) is 30.0 Å². The number of pyridine rings is 2. The normalized spacial score (nSPS) is 12.1. The van der Waals surface area contributed by atoms with Crippen LogP contribution in [0.25, 0.3) is 22.3 Å². The Morgan fingerprint density at radius 1 is 1.17 bits per heavy atom. The lowest BCUT2D eigenvalue weighted by atomic mass is 9.97. The Morgan fingerprint density at radius 3 is 2.70 bits per heavy atom. The molecule has 4 aromatic rings. The Balaban J connectivity index is 1.50. The third-order valence-electron chi connectivity index (χ3n) is 5.18. The van der Waals surface area contributed by atoms with Crippen LogP contribution in [0.2, 0.25) is 0 Å². The maximum atomic E-state index is 12.4. The van der Waals surface area contributed by atoms with Crippen molar-refractivity contribution in [2.45, 2.75) is 26.2 Å². The molecule has 0 saturated heterocycles. The SMILES string of the molecule is Cc1cc(OCC(=O)CC(C)c2cccnc2)nc2c1c(-c1ccccc1)nn2C. The van der Waals surface area contributed by atoms with Gasteiger partial charge in [-0.15, -0.1) is 0 Å². The Labute approximate surface area is 175 Å². The van der Waals surface area contributed by atoms with E-state index in [9.17, 15) is 4.79 Å². The van der Waals surface area contributed by atoms with Gasteiger partial charge in [-0.25, -0.2) is 4.68 Å². The van der Waals surface area contributed by atoms with E-state index in [4.69, 9.17) is 4.74 Å². The highest BCUT2D eigenvalue weighted by molar-refractivity contribution is 5.94. The fraction of sp³-hybridized carbons (Fsp3) is 0.250. The molecule has 3 aromatic heterocycles. The molecule has 0 N–H and O–H groups in total. The van der Waals surface area contributed by atoms with Gasteiger partial charge in [0.05, 0.1) is 5.39 Å². The summed E-state index contributed by atoms with van der Waals surface area (Å²) < 4.78 is 7.50. The molecule has 1 unspecified atom stereocenters. The van der Waals surface area contributed by atoms with Crippen LogP contribution in [-0.4, -0.2) is 32.1 Å². The quantitative estimate of drug-likeness (QED) is 0.457. The van der Waals surface area contributed by atoms with Crippen LogP contribution in [0.15, 0.2) is 60.9 Å². The van der Waals surface area contributed by atoms with Gasteiger partial charge in [0, 0.05) is 37.5 Å². The van der Waals surface area contributed by atoms with Gasteiger partial charge < -0.3 is 4.74 Å². The number of fused-ring (bicyclic) bond motifs is 1. The van der Waals surface area contributed by atoms with Crippen molar-refractivity contribution in [2.24, 2.45) is 7.05 Å². The van der Waals surface area contributed by atoms with Crippen LogP contribution in [0.5, 0.6) is 5.88 Å². The third kappa shape index (κ3) is 4.08. The molecule has 0 amide bonds. The van der Waals surface area contributed by atoms with Crippen molar-refractivity contribution < 1.29 is 9.53 Å². The first-order valence-corrected chi connectivity index (χ1v) is 9.97. The monoisotopic (exact) mass is 400 g/mol. The first-order chi connectivity index (χ1) is 14.5. The maximum Gasteiger partial charge on any atom is 0.215 e. The zero-order valence-corrected chi connectivity index (χ0v) is 17.4. The van der Waals surface area contributed by atoms with E-state index >= 15 is 0 Å². The van der Waals surface area contributed by atoms with E-state index in [0.717, 1.165) is 33.4 Å². The molecule has 0 radical (unpaired) electrons. The number of rotatable bonds is 7. The van der Waals surface area contributed by atoms with Gasteiger partial charge in [0.1, 0.15) is 12.3 Å². The second kappa shape index (κ2) is 8.45. The minimum absolute atomic E-state index is 0.00799. The van der Waals surface area contributed by atoms with Gasteiger partial charge in [-0.1, -0.05) is 43.3 Å². The fourth-order valence-electron chi connectivity index (χ4n) is 3.61. The average Bonchev–Trinajstić information content (AvgIpc) is 3.10. The van der Waals surface area contributed by atoms with Crippen LogP contribution < -0.4 is 4.74 Å². The molecular formula is C24H24N4O2. The van der Waals surface area contributed by atoms with Crippen molar-refractivity contribution in [3.05, 3.63) is 72.1 Å². The zero-order valence-electron chi connectivity index (χ0n) is 17.4. The van der Waals surface area contributed by atoms with E-state index in [0.29, 0.717) is 12.3 Å². The Hall–Kier alpha value is -3.54. The molecule has 1 aromatic carbocycles. The molecule has 30 heavy (non-hydrogen) atoms. The lowest BCUT2D eigenvalue weighted by Gasteiger charge is -2.11. The molecule has 0 aliphatic rings. The van der Waals surface area contributed by atoms with Crippen molar-refractivity contribution in [2.75, 3.05) is 6.61 Å². The molecule has 4 rings (SSSR count). The van der Waals surface area contributed by atoms with Gasteiger partial charge in [0.2, 0.25) is 5.88 Å². The molecule has 0 bridgehead atoms. The lowest BCUT2D eigenvalue weighted by molar-refractivity contribution is -0.121. The van der Waals surface area contributed by atoms with Gasteiger partial charge in [-0.3, -0.25) is 9.78 Å². The van der Waals surface area contributed by atoms with Crippen molar-refractivity contribution in [1.29, 1.82) is 0 Å². The Morgan fingerprint density at radius 2 is 1.97 bits per heavy atom. The molecule has 1 atom stereocenters. The first kappa shape index (κ1) is 19.8. The van der Waals surface area contributed by atoms with Crippen LogP contribution >= 0.6 is 0 Å². The van der Waals surface area contributed by atoms with Gasteiger partial charge in [-0.2, -0.15) is 10.1 Å². The zero-order chi connectivity index (χ0) is 21.1. The van der Waals surface area contributed by atoms with E-state index < -0.39 is 0 Å². The number of ketones is 1. The number of benzene rings is 1. The molecule has 152 valence electrons. The Kier molecular flexibility index (Phi) is 5.57. The van der Waals surface area contributed by atoms with Gasteiger partial charge in [0.25, 0.3) is 0 Å². The standard InChI is InChI=1S/C24H24N4O2/c1-16(19-10-7-11-25-14-19)12-20(29)15-30-21-13-17(2)22-23(18-8-5-4-6-9-18)27-28(3)24(22)26-21/h4-11,13-14,16H,12,15H2,1-3H3. The topological polar surface area (TPSA) is 69.9 Å². The largest absolute Gasteiger partial charge is 0.470 e.